The summed E-state index contributed by atoms with van der Waals surface area (Å²) in [5.41, 5.74) is 0. The van der Waals surface area contributed by atoms with Crippen LogP contribution >= 0.6 is 0 Å². The Balaban J connectivity index is 3.83. The van der Waals surface area contributed by atoms with Crippen LogP contribution in [0.3, 0.4) is 0 Å². The maximum Gasteiger partial charge on any atom is 0.0982 e. The van der Waals surface area contributed by atoms with Crippen molar-refractivity contribution in [2.75, 3.05) is 0 Å². The molecule has 144 valence electrons. The van der Waals surface area contributed by atoms with Gasteiger partial charge in [0.1, 0.15) is 0 Å². The lowest BCUT2D eigenvalue weighted by Crippen LogP contribution is -2.26. The summed E-state index contributed by atoms with van der Waals surface area (Å²) in [6.45, 7) is 2.15. The van der Waals surface area contributed by atoms with Crippen LogP contribution in [-0.2, 0) is 4.79 Å². The summed E-state index contributed by atoms with van der Waals surface area (Å²) < 4.78 is 0. The topological polar surface area (TPSA) is 101 Å². The molecule has 0 aliphatic carbocycles. The first-order valence-electron chi connectivity index (χ1n) is 9.21. The number of hydrogen-bond acceptors (Lipinski definition) is 5. The Morgan fingerprint density at radius 3 is 2.36 bits per heavy atom. The molecule has 5 heteroatoms. The largest absolute Gasteiger partial charge is 0.550 e. The van der Waals surface area contributed by atoms with E-state index < -0.39 is 18.2 Å². The fourth-order valence-electron chi connectivity index (χ4n) is 2.30. The second-order valence-electron chi connectivity index (χ2n) is 6.25. The molecule has 0 spiro atoms. The predicted octanol–water partition coefficient (Wildman–Crippen LogP) is 2.02. The zero-order valence-electron chi connectivity index (χ0n) is 15.2. The average Bonchev–Trinajstić information content (AvgIpc) is 2.56. The highest BCUT2D eigenvalue weighted by atomic mass is 16.4. The number of hydrogen-bond donors (Lipinski definition) is 3. The van der Waals surface area contributed by atoms with Crippen LogP contribution in [0.1, 0.15) is 64.7 Å². The summed E-state index contributed by atoms with van der Waals surface area (Å²) in [5, 5.41) is 39.4. The SMILES string of the molecule is CCCCC[C@H](O)CC\C=C/C=C/C=C/[C@@H](O)[C@@H](O)CCCC(=O)[O-]. The lowest BCUT2D eigenvalue weighted by molar-refractivity contribution is -0.305. The van der Waals surface area contributed by atoms with E-state index in [1.165, 1.54) is 12.5 Å². The molecule has 3 N–H and O–H groups in total. The van der Waals surface area contributed by atoms with Crippen molar-refractivity contribution in [3.8, 4) is 0 Å². The molecule has 0 saturated heterocycles. The molecule has 0 fully saturated rings. The normalized spacial score (nSPS) is 16.0. The van der Waals surface area contributed by atoms with Crippen LogP contribution in [0.25, 0.3) is 0 Å². The number of aliphatic carboxylic acids is 1. The van der Waals surface area contributed by atoms with Gasteiger partial charge < -0.3 is 25.2 Å². The monoisotopic (exact) mass is 353 g/mol. The first kappa shape index (κ1) is 23.6. The highest BCUT2D eigenvalue weighted by molar-refractivity contribution is 5.64. The summed E-state index contributed by atoms with van der Waals surface area (Å²) >= 11 is 0. The van der Waals surface area contributed by atoms with Crippen molar-refractivity contribution in [2.45, 2.75) is 83.0 Å². The van der Waals surface area contributed by atoms with Crippen LogP contribution in [-0.4, -0.2) is 39.6 Å². The summed E-state index contributed by atoms with van der Waals surface area (Å²) in [5.74, 6) is -1.15. The Kier molecular flexibility index (Phi) is 15.1. The van der Waals surface area contributed by atoms with Crippen molar-refractivity contribution in [2.24, 2.45) is 0 Å². The van der Waals surface area contributed by atoms with Crippen molar-refractivity contribution >= 4 is 5.97 Å². The van der Waals surface area contributed by atoms with Crippen molar-refractivity contribution in [1.82, 2.24) is 0 Å². The fraction of sp³-hybridized carbons (Fsp3) is 0.650. The second-order valence-corrected chi connectivity index (χ2v) is 6.25. The van der Waals surface area contributed by atoms with Crippen LogP contribution in [0.5, 0.6) is 0 Å². The second kappa shape index (κ2) is 16.1. The summed E-state index contributed by atoms with van der Waals surface area (Å²) in [7, 11) is 0. The van der Waals surface area contributed by atoms with Crippen LogP contribution in [0.2, 0.25) is 0 Å². The molecule has 0 rings (SSSR count). The standard InChI is InChI=1S/C20H34O5/c1-2-3-8-12-17(21)13-9-6-4-5-7-10-14-18(22)19(23)15-11-16-20(24)25/h4-7,10,14,17-19,21-23H,2-3,8-9,11-13,15-16H2,1H3,(H,24,25)/p-1/b6-4-,7-5+,14-10+/t17-,18+,19-/m0/s1. The van der Waals surface area contributed by atoms with E-state index >= 15 is 0 Å². The summed E-state index contributed by atoms with van der Waals surface area (Å²) in [4.78, 5) is 10.3. The number of aliphatic hydroxyl groups is 3. The lowest BCUT2D eigenvalue weighted by Gasteiger charge is -2.14. The van der Waals surface area contributed by atoms with E-state index in [2.05, 4.69) is 6.92 Å². The van der Waals surface area contributed by atoms with Gasteiger partial charge in [-0.15, -0.1) is 0 Å². The highest BCUT2D eigenvalue weighted by Gasteiger charge is 2.11. The van der Waals surface area contributed by atoms with Gasteiger partial charge in [-0.05, 0) is 38.5 Å². The smallest absolute Gasteiger partial charge is 0.0982 e. The molecule has 5 nitrogen and oxygen atoms in total. The van der Waals surface area contributed by atoms with Gasteiger partial charge in [0.25, 0.3) is 0 Å². The molecule has 0 bridgehead atoms. The zero-order chi connectivity index (χ0) is 18.9. The molecule has 25 heavy (non-hydrogen) atoms. The van der Waals surface area contributed by atoms with Crippen molar-refractivity contribution in [3.63, 3.8) is 0 Å². The van der Waals surface area contributed by atoms with Crippen LogP contribution in [0, 0.1) is 0 Å². The molecule has 0 aromatic carbocycles. The molecule has 0 aromatic rings. The van der Waals surface area contributed by atoms with E-state index in [1.54, 1.807) is 12.2 Å². The Morgan fingerprint density at radius 2 is 1.68 bits per heavy atom. The van der Waals surface area contributed by atoms with Gasteiger partial charge in [-0.25, -0.2) is 0 Å². The van der Waals surface area contributed by atoms with Crippen molar-refractivity contribution in [1.29, 1.82) is 0 Å². The molecule has 0 aliphatic rings. The van der Waals surface area contributed by atoms with E-state index in [0.29, 0.717) is 0 Å². The minimum absolute atomic E-state index is 0.120. The zero-order valence-corrected chi connectivity index (χ0v) is 15.2. The number of rotatable bonds is 15. The maximum atomic E-state index is 10.3. The van der Waals surface area contributed by atoms with E-state index in [-0.39, 0.29) is 25.4 Å². The molecular formula is C20H33O5-. The molecule has 0 aliphatic heterocycles. The molecule has 0 heterocycles. The predicted molar refractivity (Wildman–Crippen MR) is 97.7 cm³/mol. The van der Waals surface area contributed by atoms with Gasteiger partial charge in [-0.3, -0.25) is 0 Å². The number of carboxylic acid groups (broad SMARTS) is 1. The van der Waals surface area contributed by atoms with Gasteiger partial charge >= 0.3 is 0 Å². The molecule has 3 atom stereocenters. The Labute approximate surface area is 151 Å². The van der Waals surface area contributed by atoms with E-state index in [0.717, 1.165) is 32.1 Å². The molecule has 0 aromatic heterocycles. The van der Waals surface area contributed by atoms with E-state index in [1.807, 2.05) is 18.2 Å². The molecular weight excluding hydrogens is 320 g/mol. The quantitative estimate of drug-likeness (QED) is 0.309. The van der Waals surface area contributed by atoms with Gasteiger partial charge in [-0.2, -0.15) is 0 Å². The van der Waals surface area contributed by atoms with E-state index in [4.69, 9.17) is 0 Å². The third-order valence-electron chi connectivity index (χ3n) is 3.86. The van der Waals surface area contributed by atoms with Gasteiger partial charge in [0.05, 0.1) is 18.3 Å². The van der Waals surface area contributed by atoms with Gasteiger partial charge in [-0.1, -0.05) is 62.6 Å². The molecule has 0 unspecified atom stereocenters. The highest BCUT2D eigenvalue weighted by Crippen LogP contribution is 2.09. The molecule has 0 saturated carbocycles. The number of aliphatic hydroxyl groups excluding tert-OH is 3. The minimum atomic E-state index is -1.15. The first-order chi connectivity index (χ1) is 12.0. The van der Waals surface area contributed by atoms with Crippen molar-refractivity contribution < 1.29 is 25.2 Å². The Hall–Kier alpha value is -1.43. The molecule has 0 amide bonds. The lowest BCUT2D eigenvalue weighted by atomic mass is 10.1. The van der Waals surface area contributed by atoms with Crippen LogP contribution in [0.4, 0.5) is 0 Å². The minimum Gasteiger partial charge on any atom is -0.550 e. The number of carboxylic acids is 1. The number of carbonyl (C=O) groups is 1. The third kappa shape index (κ3) is 15.8. The summed E-state index contributed by atoms with van der Waals surface area (Å²) in [6, 6.07) is 0. The van der Waals surface area contributed by atoms with E-state index in [9.17, 15) is 25.2 Å². The summed E-state index contributed by atoms with van der Waals surface area (Å²) in [6.07, 6.45) is 14.5. The first-order valence-corrected chi connectivity index (χ1v) is 9.21. The Bertz CT molecular complexity index is 414. The van der Waals surface area contributed by atoms with Gasteiger partial charge in [0.15, 0.2) is 0 Å². The number of unbranched alkanes of at least 4 members (excludes halogenated alkanes) is 2. The average molecular weight is 353 g/mol. The molecule has 0 radical (unpaired) electrons. The number of allylic oxidation sites excluding steroid dienone is 5. The fourth-order valence-corrected chi connectivity index (χ4v) is 2.30. The van der Waals surface area contributed by atoms with Crippen molar-refractivity contribution in [3.05, 3.63) is 36.5 Å². The van der Waals surface area contributed by atoms with Crippen LogP contribution < -0.4 is 5.11 Å². The third-order valence-corrected chi connectivity index (χ3v) is 3.86. The van der Waals surface area contributed by atoms with Gasteiger partial charge in [0.2, 0.25) is 0 Å². The number of carbonyl (C=O) groups excluding carboxylic acids is 1. The Morgan fingerprint density at radius 1 is 0.960 bits per heavy atom. The van der Waals surface area contributed by atoms with Crippen LogP contribution in [0.15, 0.2) is 36.5 Å². The van der Waals surface area contributed by atoms with Gasteiger partial charge in [0, 0.05) is 5.97 Å². The maximum absolute atomic E-state index is 10.3.